The van der Waals surface area contributed by atoms with Gasteiger partial charge in [-0.25, -0.2) is 4.98 Å². The van der Waals surface area contributed by atoms with E-state index in [1.807, 2.05) is 29.7 Å². The first-order valence-corrected chi connectivity index (χ1v) is 6.84. The molecule has 6 heteroatoms. The summed E-state index contributed by atoms with van der Waals surface area (Å²) in [5.41, 5.74) is 1.79. The third-order valence-corrected chi connectivity index (χ3v) is 3.24. The van der Waals surface area contributed by atoms with Crippen molar-refractivity contribution in [2.45, 2.75) is 25.8 Å². The van der Waals surface area contributed by atoms with E-state index in [9.17, 15) is 4.79 Å². The SMILES string of the molecule is CC(=O)NCCn1c(C(C)Cl)nc2cc(Cl)ccc21. The maximum absolute atomic E-state index is 10.9. The van der Waals surface area contributed by atoms with Gasteiger partial charge in [0.2, 0.25) is 5.91 Å². The number of aromatic nitrogens is 2. The number of carbonyl (C=O) groups is 1. The third kappa shape index (κ3) is 3.19. The lowest BCUT2D eigenvalue weighted by Gasteiger charge is -2.10. The predicted octanol–water partition coefficient (Wildman–Crippen LogP) is 3.13. The average molecular weight is 300 g/mol. The molecule has 0 aliphatic heterocycles. The van der Waals surface area contributed by atoms with Crippen LogP contribution >= 0.6 is 23.2 Å². The van der Waals surface area contributed by atoms with Gasteiger partial charge < -0.3 is 9.88 Å². The Morgan fingerprint density at radius 1 is 1.53 bits per heavy atom. The minimum atomic E-state index is -0.205. The summed E-state index contributed by atoms with van der Waals surface area (Å²) in [6.45, 7) is 4.54. The standard InChI is InChI=1S/C13H15Cl2N3O/c1-8(14)13-17-11-7-10(15)3-4-12(11)18(13)6-5-16-9(2)19/h3-4,7-8H,5-6H2,1-2H3,(H,16,19). The van der Waals surface area contributed by atoms with E-state index in [0.717, 1.165) is 16.9 Å². The summed E-state index contributed by atoms with van der Waals surface area (Å²) >= 11 is 12.1. The number of nitrogens with zero attached hydrogens (tertiary/aromatic N) is 2. The van der Waals surface area contributed by atoms with E-state index < -0.39 is 0 Å². The van der Waals surface area contributed by atoms with Crippen LogP contribution in [0.15, 0.2) is 18.2 Å². The molecule has 0 radical (unpaired) electrons. The summed E-state index contributed by atoms with van der Waals surface area (Å²) in [5, 5.41) is 3.21. The van der Waals surface area contributed by atoms with Crippen molar-refractivity contribution in [2.75, 3.05) is 6.54 Å². The van der Waals surface area contributed by atoms with Crippen molar-refractivity contribution in [2.24, 2.45) is 0 Å². The molecule has 0 bridgehead atoms. The Morgan fingerprint density at radius 2 is 2.26 bits per heavy atom. The zero-order valence-electron chi connectivity index (χ0n) is 10.8. The smallest absolute Gasteiger partial charge is 0.216 e. The molecule has 102 valence electrons. The number of carbonyl (C=O) groups excluding carboxylic acids is 1. The van der Waals surface area contributed by atoms with Crippen LogP contribution in [0, 0.1) is 0 Å². The molecule has 2 aromatic rings. The quantitative estimate of drug-likeness (QED) is 0.882. The molecule has 4 nitrogen and oxygen atoms in total. The minimum Gasteiger partial charge on any atom is -0.355 e. The van der Waals surface area contributed by atoms with Crippen molar-refractivity contribution in [1.29, 1.82) is 0 Å². The lowest BCUT2D eigenvalue weighted by atomic mass is 10.3. The fraction of sp³-hybridized carbons (Fsp3) is 0.385. The maximum atomic E-state index is 10.9. The molecule has 1 heterocycles. The van der Waals surface area contributed by atoms with Crippen LogP contribution in [0.5, 0.6) is 0 Å². The number of hydrogen-bond donors (Lipinski definition) is 1. The molecule has 1 aromatic heterocycles. The molecule has 1 N–H and O–H groups in total. The summed E-state index contributed by atoms with van der Waals surface area (Å²) in [5.74, 6) is 0.734. The topological polar surface area (TPSA) is 46.9 Å². The van der Waals surface area contributed by atoms with E-state index >= 15 is 0 Å². The molecule has 0 saturated heterocycles. The molecule has 0 saturated carbocycles. The zero-order valence-corrected chi connectivity index (χ0v) is 12.3. The largest absolute Gasteiger partial charge is 0.355 e. The van der Waals surface area contributed by atoms with E-state index in [0.29, 0.717) is 18.1 Å². The number of hydrogen-bond acceptors (Lipinski definition) is 2. The van der Waals surface area contributed by atoms with Crippen molar-refractivity contribution in [3.05, 3.63) is 29.0 Å². The number of rotatable bonds is 4. The Balaban J connectivity index is 2.37. The van der Waals surface area contributed by atoms with Crippen LogP contribution in [0.25, 0.3) is 11.0 Å². The normalized spacial score (nSPS) is 12.6. The summed E-state index contributed by atoms with van der Waals surface area (Å²) in [7, 11) is 0. The third-order valence-electron chi connectivity index (χ3n) is 2.80. The number of alkyl halides is 1. The highest BCUT2D eigenvalue weighted by atomic mass is 35.5. The highest BCUT2D eigenvalue weighted by Crippen LogP contribution is 2.26. The van der Waals surface area contributed by atoms with Crippen LogP contribution in [0.3, 0.4) is 0 Å². The highest BCUT2D eigenvalue weighted by Gasteiger charge is 2.14. The van der Waals surface area contributed by atoms with Crippen LogP contribution in [0.1, 0.15) is 25.0 Å². The van der Waals surface area contributed by atoms with Gasteiger partial charge in [0.25, 0.3) is 0 Å². The molecule has 0 aliphatic carbocycles. The van der Waals surface area contributed by atoms with Gasteiger partial charge >= 0.3 is 0 Å². The molecule has 1 amide bonds. The van der Waals surface area contributed by atoms with Gasteiger partial charge in [0.15, 0.2) is 0 Å². The number of amides is 1. The summed E-state index contributed by atoms with van der Waals surface area (Å²) in [6, 6.07) is 5.55. The lowest BCUT2D eigenvalue weighted by molar-refractivity contribution is -0.118. The van der Waals surface area contributed by atoms with Crippen LogP contribution in [-0.2, 0) is 11.3 Å². The molecule has 0 fully saturated rings. The summed E-state index contributed by atoms with van der Waals surface area (Å²) in [4.78, 5) is 15.4. The van der Waals surface area contributed by atoms with Crippen LogP contribution in [0.2, 0.25) is 5.02 Å². The van der Waals surface area contributed by atoms with Crippen LogP contribution in [0.4, 0.5) is 0 Å². The van der Waals surface area contributed by atoms with Gasteiger partial charge in [-0.2, -0.15) is 0 Å². The molecule has 0 spiro atoms. The average Bonchev–Trinajstić information content (AvgIpc) is 2.67. The molecule has 0 aliphatic rings. The second-order valence-corrected chi connectivity index (χ2v) is 5.44. The molecular weight excluding hydrogens is 285 g/mol. The number of nitrogens with one attached hydrogen (secondary N) is 1. The van der Waals surface area contributed by atoms with E-state index in [4.69, 9.17) is 23.2 Å². The fourth-order valence-electron chi connectivity index (χ4n) is 2.00. The van der Waals surface area contributed by atoms with Gasteiger partial charge in [-0.3, -0.25) is 4.79 Å². The molecular formula is C13H15Cl2N3O. The van der Waals surface area contributed by atoms with E-state index in [-0.39, 0.29) is 11.3 Å². The first kappa shape index (κ1) is 14.2. The lowest BCUT2D eigenvalue weighted by Crippen LogP contribution is -2.25. The Kier molecular flexibility index (Phi) is 4.32. The number of halogens is 2. The molecule has 1 atom stereocenters. The summed E-state index contributed by atoms with van der Waals surface area (Å²) < 4.78 is 2.01. The van der Waals surface area contributed by atoms with E-state index in [1.54, 1.807) is 0 Å². The van der Waals surface area contributed by atoms with Gasteiger partial charge in [0.05, 0.1) is 16.4 Å². The monoisotopic (exact) mass is 299 g/mol. The van der Waals surface area contributed by atoms with Crippen molar-refractivity contribution in [1.82, 2.24) is 14.9 Å². The highest BCUT2D eigenvalue weighted by molar-refractivity contribution is 6.31. The summed E-state index contributed by atoms with van der Waals surface area (Å²) in [6.07, 6.45) is 0. The Bertz CT molecular complexity index is 607. The second-order valence-electron chi connectivity index (χ2n) is 4.35. The van der Waals surface area contributed by atoms with Crippen molar-refractivity contribution < 1.29 is 4.79 Å². The molecule has 19 heavy (non-hydrogen) atoms. The Morgan fingerprint density at radius 3 is 2.89 bits per heavy atom. The van der Waals surface area contributed by atoms with E-state index in [2.05, 4.69) is 10.3 Å². The van der Waals surface area contributed by atoms with Crippen molar-refractivity contribution >= 4 is 40.1 Å². The van der Waals surface area contributed by atoms with Gasteiger partial charge in [0.1, 0.15) is 5.82 Å². The zero-order chi connectivity index (χ0) is 14.0. The minimum absolute atomic E-state index is 0.0482. The van der Waals surface area contributed by atoms with Crippen molar-refractivity contribution in [3.8, 4) is 0 Å². The van der Waals surface area contributed by atoms with E-state index in [1.165, 1.54) is 6.92 Å². The second kappa shape index (κ2) is 5.80. The first-order valence-electron chi connectivity index (χ1n) is 6.03. The Hall–Kier alpha value is -1.26. The predicted molar refractivity (Wildman–Crippen MR) is 77.7 cm³/mol. The Labute approximate surface area is 121 Å². The van der Waals surface area contributed by atoms with Gasteiger partial charge in [-0.05, 0) is 25.1 Å². The number of imidazole rings is 1. The van der Waals surface area contributed by atoms with Crippen LogP contribution in [-0.4, -0.2) is 22.0 Å². The van der Waals surface area contributed by atoms with Crippen molar-refractivity contribution in [3.63, 3.8) is 0 Å². The molecule has 2 rings (SSSR count). The molecule has 1 unspecified atom stereocenters. The van der Waals surface area contributed by atoms with Gasteiger partial charge in [-0.15, -0.1) is 11.6 Å². The fourth-order valence-corrected chi connectivity index (χ4v) is 2.34. The number of benzene rings is 1. The van der Waals surface area contributed by atoms with Gasteiger partial charge in [-0.1, -0.05) is 11.6 Å². The first-order chi connectivity index (χ1) is 8.99. The molecule has 1 aromatic carbocycles. The van der Waals surface area contributed by atoms with Gasteiger partial charge in [0, 0.05) is 25.0 Å². The van der Waals surface area contributed by atoms with Crippen LogP contribution < -0.4 is 5.32 Å². The number of fused-ring (bicyclic) bond motifs is 1. The maximum Gasteiger partial charge on any atom is 0.216 e.